The van der Waals surface area contributed by atoms with Crippen LogP contribution >= 0.6 is 0 Å². The smallest absolute Gasteiger partial charge is 0.126 e. The predicted molar refractivity (Wildman–Crippen MR) is 60.1 cm³/mol. The maximum Gasteiger partial charge on any atom is 0.126 e. The van der Waals surface area contributed by atoms with E-state index >= 15 is 0 Å². The first-order valence-electron chi connectivity index (χ1n) is 5.89. The van der Waals surface area contributed by atoms with Gasteiger partial charge >= 0.3 is 0 Å². The quantitative estimate of drug-likeness (QED) is 0.724. The molecule has 0 aromatic heterocycles. The lowest BCUT2D eigenvalue weighted by Crippen LogP contribution is -2.43. The summed E-state index contributed by atoms with van der Waals surface area (Å²) in [6, 6.07) is 4.90. The lowest BCUT2D eigenvalue weighted by molar-refractivity contribution is 0.0847. The SMILES string of the molecule is Fc1ccc2c(c1)OCC1(CCNCC1)C2. The van der Waals surface area contributed by atoms with Crippen molar-refractivity contribution in [2.45, 2.75) is 19.3 Å². The molecular formula is C13H16FNO. The Balaban J connectivity index is 1.88. The number of rotatable bonds is 0. The molecule has 0 unspecified atom stereocenters. The number of nitrogens with one attached hydrogen (secondary N) is 1. The zero-order valence-electron chi connectivity index (χ0n) is 9.26. The van der Waals surface area contributed by atoms with Crippen molar-refractivity contribution in [3.63, 3.8) is 0 Å². The second-order valence-corrected chi connectivity index (χ2v) is 4.97. The molecule has 0 amide bonds. The molecule has 1 aromatic rings. The van der Waals surface area contributed by atoms with E-state index in [0.29, 0.717) is 0 Å². The molecule has 0 aliphatic carbocycles. The Labute approximate surface area is 94.8 Å². The highest BCUT2D eigenvalue weighted by molar-refractivity contribution is 5.36. The highest BCUT2D eigenvalue weighted by Crippen LogP contribution is 2.40. The minimum atomic E-state index is -0.208. The molecule has 1 spiro atoms. The Kier molecular flexibility index (Phi) is 2.36. The largest absolute Gasteiger partial charge is 0.493 e. The van der Waals surface area contributed by atoms with Gasteiger partial charge in [0.05, 0.1) is 6.61 Å². The van der Waals surface area contributed by atoms with E-state index in [1.54, 1.807) is 0 Å². The van der Waals surface area contributed by atoms with E-state index in [9.17, 15) is 4.39 Å². The van der Waals surface area contributed by atoms with Gasteiger partial charge in [0.2, 0.25) is 0 Å². The van der Waals surface area contributed by atoms with Gasteiger partial charge in [-0.1, -0.05) is 6.07 Å². The van der Waals surface area contributed by atoms with Gasteiger partial charge in [0.1, 0.15) is 11.6 Å². The summed E-state index contributed by atoms with van der Waals surface area (Å²) in [7, 11) is 0. The predicted octanol–water partition coefficient (Wildman–Crippen LogP) is 2.13. The van der Waals surface area contributed by atoms with Crippen molar-refractivity contribution in [2.75, 3.05) is 19.7 Å². The number of piperidine rings is 1. The lowest BCUT2D eigenvalue weighted by atomic mass is 9.73. The molecule has 2 nitrogen and oxygen atoms in total. The van der Waals surface area contributed by atoms with Crippen LogP contribution in [0.1, 0.15) is 18.4 Å². The highest BCUT2D eigenvalue weighted by Gasteiger charge is 2.36. The normalized spacial score (nSPS) is 22.6. The van der Waals surface area contributed by atoms with Gasteiger partial charge in [-0.05, 0) is 44.0 Å². The first-order valence-corrected chi connectivity index (χ1v) is 5.89. The zero-order valence-corrected chi connectivity index (χ0v) is 9.26. The van der Waals surface area contributed by atoms with Crippen LogP contribution in [-0.4, -0.2) is 19.7 Å². The summed E-state index contributed by atoms with van der Waals surface area (Å²) >= 11 is 0. The molecule has 86 valence electrons. The molecule has 2 aliphatic heterocycles. The number of ether oxygens (including phenoxy) is 1. The Morgan fingerprint density at radius 3 is 2.88 bits per heavy atom. The maximum atomic E-state index is 13.0. The minimum Gasteiger partial charge on any atom is -0.493 e. The van der Waals surface area contributed by atoms with Crippen molar-refractivity contribution in [3.05, 3.63) is 29.6 Å². The standard InChI is InChI=1S/C13H16FNO/c14-11-2-1-10-8-13(3-5-15-6-4-13)9-16-12(10)7-11/h1-2,7,15H,3-6,8-9H2. The van der Waals surface area contributed by atoms with Crippen LogP contribution in [0.4, 0.5) is 4.39 Å². The van der Waals surface area contributed by atoms with Crippen molar-refractivity contribution in [1.29, 1.82) is 0 Å². The topological polar surface area (TPSA) is 21.3 Å². The molecule has 0 bridgehead atoms. The Morgan fingerprint density at radius 2 is 2.06 bits per heavy atom. The van der Waals surface area contributed by atoms with E-state index in [2.05, 4.69) is 5.32 Å². The fourth-order valence-corrected chi connectivity index (χ4v) is 2.77. The van der Waals surface area contributed by atoms with Gasteiger partial charge < -0.3 is 10.1 Å². The number of hydrogen-bond acceptors (Lipinski definition) is 2. The molecule has 0 saturated carbocycles. The van der Waals surface area contributed by atoms with Crippen molar-refractivity contribution in [3.8, 4) is 5.75 Å². The molecule has 3 heteroatoms. The summed E-state index contributed by atoms with van der Waals surface area (Å²) in [5.41, 5.74) is 1.45. The second-order valence-electron chi connectivity index (χ2n) is 4.97. The summed E-state index contributed by atoms with van der Waals surface area (Å²) < 4.78 is 18.8. The van der Waals surface area contributed by atoms with Gasteiger partial charge in [-0.2, -0.15) is 0 Å². The van der Waals surface area contributed by atoms with Crippen LogP contribution < -0.4 is 10.1 Å². The van der Waals surface area contributed by atoms with Crippen molar-refractivity contribution in [1.82, 2.24) is 5.32 Å². The number of hydrogen-bond donors (Lipinski definition) is 1. The Morgan fingerprint density at radius 1 is 1.25 bits per heavy atom. The third-order valence-electron chi connectivity index (χ3n) is 3.79. The molecule has 1 fully saturated rings. The molecular weight excluding hydrogens is 205 g/mol. The van der Waals surface area contributed by atoms with Crippen molar-refractivity contribution < 1.29 is 9.13 Å². The van der Waals surface area contributed by atoms with E-state index in [4.69, 9.17) is 4.74 Å². The van der Waals surface area contributed by atoms with Crippen LogP contribution in [0.25, 0.3) is 0 Å². The van der Waals surface area contributed by atoms with Gasteiger partial charge in [0.25, 0.3) is 0 Å². The molecule has 2 heterocycles. The molecule has 1 N–H and O–H groups in total. The average molecular weight is 221 g/mol. The lowest BCUT2D eigenvalue weighted by Gasteiger charge is -2.41. The molecule has 3 rings (SSSR count). The van der Waals surface area contributed by atoms with Crippen LogP contribution in [0.5, 0.6) is 5.75 Å². The van der Waals surface area contributed by atoms with Crippen LogP contribution in [0.3, 0.4) is 0 Å². The fraction of sp³-hybridized carbons (Fsp3) is 0.538. The van der Waals surface area contributed by atoms with Gasteiger partial charge in [0, 0.05) is 11.5 Å². The summed E-state index contributed by atoms with van der Waals surface area (Å²) in [5, 5.41) is 3.37. The molecule has 1 aromatic carbocycles. The van der Waals surface area contributed by atoms with Gasteiger partial charge in [-0.3, -0.25) is 0 Å². The maximum absolute atomic E-state index is 13.0. The minimum absolute atomic E-state index is 0.208. The fourth-order valence-electron chi connectivity index (χ4n) is 2.77. The third-order valence-corrected chi connectivity index (χ3v) is 3.79. The molecule has 16 heavy (non-hydrogen) atoms. The second kappa shape index (κ2) is 3.74. The van der Waals surface area contributed by atoms with Gasteiger partial charge in [-0.15, -0.1) is 0 Å². The summed E-state index contributed by atoms with van der Waals surface area (Å²) in [5.74, 6) is 0.532. The summed E-state index contributed by atoms with van der Waals surface area (Å²) in [6.07, 6.45) is 3.35. The number of halogens is 1. The van der Waals surface area contributed by atoms with Crippen LogP contribution in [0.2, 0.25) is 0 Å². The van der Waals surface area contributed by atoms with E-state index in [1.165, 1.54) is 12.1 Å². The Hall–Kier alpha value is -1.09. The molecule has 0 radical (unpaired) electrons. The van der Waals surface area contributed by atoms with Crippen molar-refractivity contribution >= 4 is 0 Å². The van der Waals surface area contributed by atoms with Crippen molar-refractivity contribution in [2.24, 2.45) is 5.41 Å². The zero-order chi connectivity index (χ0) is 11.0. The monoisotopic (exact) mass is 221 g/mol. The van der Waals surface area contributed by atoms with E-state index in [1.807, 2.05) is 6.07 Å². The van der Waals surface area contributed by atoms with E-state index in [-0.39, 0.29) is 11.2 Å². The van der Waals surface area contributed by atoms with Crippen LogP contribution in [-0.2, 0) is 6.42 Å². The van der Waals surface area contributed by atoms with Crippen LogP contribution in [0, 0.1) is 11.2 Å². The summed E-state index contributed by atoms with van der Waals surface area (Å²) in [4.78, 5) is 0. The molecule has 2 aliphatic rings. The van der Waals surface area contributed by atoms with Gasteiger partial charge in [0.15, 0.2) is 0 Å². The van der Waals surface area contributed by atoms with Gasteiger partial charge in [-0.25, -0.2) is 4.39 Å². The third kappa shape index (κ3) is 1.69. The highest BCUT2D eigenvalue weighted by atomic mass is 19.1. The molecule has 0 atom stereocenters. The summed E-state index contributed by atoms with van der Waals surface area (Å²) in [6.45, 7) is 2.88. The van der Waals surface area contributed by atoms with E-state index < -0.39 is 0 Å². The first kappa shape index (κ1) is 10.1. The number of benzene rings is 1. The van der Waals surface area contributed by atoms with Crippen LogP contribution in [0.15, 0.2) is 18.2 Å². The average Bonchev–Trinajstić information content (AvgIpc) is 2.31. The number of fused-ring (bicyclic) bond motifs is 1. The molecule has 1 saturated heterocycles. The Bertz CT molecular complexity index is 399. The first-order chi connectivity index (χ1) is 7.77. The van der Waals surface area contributed by atoms with E-state index in [0.717, 1.165) is 50.3 Å².